The number of likely N-dealkylation sites (tertiary alicyclic amines) is 1. The van der Waals surface area contributed by atoms with E-state index in [9.17, 15) is 9.90 Å². The number of hydrogen-bond donors (Lipinski definition) is 1. The summed E-state index contributed by atoms with van der Waals surface area (Å²) in [6.07, 6.45) is 3.29. The Morgan fingerprint density at radius 3 is 2.72 bits per heavy atom. The summed E-state index contributed by atoms with van der Waals surface area (Å²) in [7, 11) is 0. The normalized spacial score (nSPS) is 17.6. The van der Waals surface area contributed by atoms with Gasteiger partial charge in [0.2, 0.25) is 0 Å². The second-order valence-electron chi connectivity index (χ2n) is 6.53. The van der Waals surface area contributed by atoms with Crippen LogP contribution in [0.3, 0.4) is 0 Å². The standard InChI is InChI=1S/C20H20N2O2S/c23-20(24)14-6-10-22(11-7-14)19(15-8-12-25-13-15)17-5-9-21-18-4-2-1-3-16(17)18/h1-5,8-9,12-14,19H,6-7,10-11H2,(H,23,24). The van der Waals surface area contributed by atoms with Crippen LogP contribution in [0.25, 0.3) is 10.9 Å². The summed E-state index contributed by atoms with van der Waals surface area (Å²) in [5.41, 5.74) is 3.52. The van der Waals surface area contributed by atoms with Crippen molar-refractivity contribution >= 4 is 28.2 Å². The van der Waals surface area contributed by atoms with E-state index in [1.165, 1.54) is 16.5 Å². The number of carbonyl (C=O) groups is 1. The fourth-order valence-electron chi connectivity index (χ4n) is 3.78. The number of carboxylic acid groups (broad SMARTS) is 1. The number of para-hydroxylation sites is 1. The average Bonchev–Trinajstić information content (AvgIpc) is 3.17. The fourth-order valence-corrected chi connectivity index (χ4v) is 4.46. The number of carboxylic acids is 1. The first kappa shape index (κ1) is 16.2. The van der Waals surface area contributed by atoms with Gasteiger partial charge in [0.15, 0.2) is 0 Å². The molecule has 3 aromatic rings. The van der Waals surface area contributed by atoms with Crippen molar-refractivity contribution in [2.24, 2.45) is 5.92 Å². The Hall–Kier alpha value is -2.24. The minimum Gasteiger partial charge on any atom is -0.481 e. The van der Waals surface area contributed by atoms with Crippen molar-refractivity contribution in [3.8, 4) is 0 Å². The maximum absolute atomic E-state index is 11.3. The van der Waals surface area contributed by atoms with Gasteiger partial charge in [0, 0.05) is 11.6 Å². The molecule has 0 spiro atoms. The van der Waals surface area contributed by atoms with Gasteiger partial charge in [0.25, 0.3) is 0 Å². The molecule has 2 aromatic heterocycles. The van der Waals surface area contributed by atoms with Gasteiger partial charge in [-0.3, -0.25) is 14.7 Å². The molecule has 1 aliphatic rings. The molecular weight excluding hydrogens is 332 g/mol. The van der Waals surface area contributed by atoms with E-state index in [0.717, 1.165) is 18.6 Å². The molecule has 1 unspecified atom stereocenters. The van der Waals surface area contributed by atoms with Crippen LogP contribution in [0.1, 0.15) is 30.0 Å². The average molecular weight is 352 g/mol. The first-order valence-electron chi connectivity index (χ1n) is 8.56. The highest BCUT2D eigenvalue weighted by molar-refractivity contribution is 7.08. The number of benzene rings is 1. The molecule has 3 heterocycles. The number of pyridine rings is 1. The van der Waals surface area contributed by atoms with Crippen molar-refractivity contribution < 1.29 is 9.90 Å². The molecule has 4 rings (SSSR count). The first-order valence-corrected chi connectivity index (χ1v) is 9.51. The number of nitrogens with zero attached hydrogens (tertiary/aromatic N) is 2. The molecule has 4 nitrogen and oxygen atoms in total. The van der Waals surface area contributed by atoms with E-state index in [4.69, 9.17) is 0 Å². The predicted molar refractivity (Wildman–Crippen MR) is 99.8 cm³/mol. The number of aliphatic carboxylic acids is 1. The largest absolute Gasteiger partial charge is 0.481 e. The fraction of sp³-hybridized carbons (Fsp3) is 0.300. The minimum absolute atomic E-state index is 0.147. The van der Waals surface area contributed by atoms with Crippen molar-refractivity contribution in [2.75, 3.05) is 13.1 Å². The van der Waals surface area contributed by atoms with Gasteiger partial charge in [-0.1, -0.05) is 18.2 Å². The van der Waals surface area contributed by atoms with Gasteiger partial charge in [0.1, 0.15) is 0 Å². The molecule has 5 heteroatoms. The Labute approximate surface area is 150 Å². The lowest BCUT2D eigenvalue weighted by molar-refractivity contribution is -0.143. The van der Waals surface area contributed by atoms with E-state index >= 15 is 0 Å². The third kappa shape index (κ3) is 3.17. The van der Waals surface area contributed by atoms with Gasteiger partial charge in [0.05, 0.1) is 17.5 Å². The highest BCUT2D eigenvalue weighted by Gasteiger charge is 2.31. The van der Waals surface area contributed by atoms with E-state index in [0.29, 0.717) is 12.8 Å². The minimum atomic E-state index is -0.666. The highest BCUT2D eigenvalue weighted by Crippen LogP contribution is 2.36. The lowest BCUT2D eigenvalue weighted by atomic mass is 9.91. The zero-order valence-electron chi connectivity index (χ0n) is 13.8. The zero-order valence-corrected chi connectivity index (χ0v) is 14.7. The summed E-state index contributed by atoms with van der Waals surface area (Å²) in [6, 6.07) is 12.7. The van der Waals surface area contributed by atoms with E-state index in [1.807, 2.05) is 18.3 Å². The number of aromatic nitrogens is 1. The van der Waals surface area contributed by atoms with Crippen LogP contribution in [0.5, 0.6) is 0 Å². The molecule has 1 saturated heterocycles. The van der Waals surface area contributed by atoms with Crippen LogP contribution in [0.15, 0.2) is 53.4 Å². The second kappa shape index (κ2) is 6.94. The molecule has 0 aliphatic carbocycles. The number of piperidine rings is 1. The van der Waals surface area contributed by atoms with E-state index in [1.54, 1.807) is 11.3 Å². The van der Waals surface area contributed by atoms with Crippen LogP contribution in [0.2, 0.25) is 0 Å². The molecule has 1 fully saturated rings. The van der Waals surface area contributed by atoms with Crippen LogP contribution in [0, 0.1) is 5.92 Å². The van der Waals surface area contributed by atoms with Crippen LogP contribution in [-0.4, -0.2) is 34.0 Å². The molecule has 0 saturated carbocycles. The quantitative estimate of drug-likeness (QED) is 0.765. The summed E-state index contributed by atoms with van der Waals surface area (Å²) in [5.74, 6) is -0.880. The number of rotatable bonds is 4. The third-order valence-corrected chi connectivity index (χ3v) is 5.78. The summed E-state index contributed by atoms with van der Waals surface area (Å²) in [4.78, 5) is 18.2. The molecular formula is C20H20N2O2S. The molecule has 1 N–H and O–H groups in total. The molecule has 25 heavy (non-hydrogen) atoms. The molecule has 0 amide bonds. The smallest absolute Gasteiger partial charge is 0.306 e. The number of thiophene rings is 1. The Balaban J connectivity index is 1.74. The maximum atomic E-state index is 11.3. The maximum Gasteiger partial charge on any atom is 0.306 e. The van der Waals surface area contributed by atoms with Crippen molar-refractivity contribution in [2.45, 2.75) is 18.9 Å². The van der Waals surface area contributed by atoms with Gasteiger partial charge in [-0.25, -0.2) is 0 Å². The van der Waals surface area contributed by atoms with Crippen molar-refractivity contribution in [3.05, 3.63) is 64.5 Å². The highest BCUT2D eigenvalue weighted by atomic mass is 32.1. The van der Waals surface area contributed by atoms with E-state index < -0.39 is 5.97 Å². The van der Waals surface area contributed by atoms with Crippen LogP contribution in [0.4, 0.5) is 0 Å². The molecule has 1 aromatic carbocycles. The van der Waals surface area contributed by atoms with Gasteiger partial charge in [-0.05, 0) is 66.0 Å². The van der Waals surface area contributed by atoms with Crippen molar-refractivity contribution in [1.29, 1.82) is 0 Å². The summed E-state index contributed by atoms with van der Waals surface area (Å²) in [5, 5.41) is 14.8. The number of hydrogen-bond acceptors (Lipinski definition) is 4. The molecule has 1 atom stereocenters. The van der Waals surface area contributed by atoms with E-state index in [-0.39, 0.29) is 12.0 Å². The van der Waals surface area contributed by atoms with E-state index in [2.05, 4.69) is 44.9 Å². The lowest BCUT2D eigenvalue weighted by Crippen LogP contribution is -2.39. The van der Waals surface area contributed by atoms with Crippen LogP contribution < -0.4 is 0 Å². The van der Waals surface area contributed by atoms with Crippen LogP contribution >= 0.6 is 11.3 Å². The summed E-state index contributed by atoms with van der Waals surface area (Å²) >= 11 is 1.70. The van der Waals surface area contributed by atoms with Crippen molar-refractivity contribution in [3.63, 3.8) is 0 Å². The molecule has 1 aliphatic heterocycles. The second-order valence-corrected chi connectivity index (χ2v) is 7.31. The van der Waals surface area contributed by atoms with Gasteiger partial charge in [-0.2, -0.15) is 11.3 Å². The SMILES string of the molecule is O=C(O)C1CCN(C(c2ccsc2)c2ccnc3ccccc23)CC1. The zero-order chi connectivity index (χ0) is 17.2. The van der Waals surface area contributed by atoms with Crippen LogP contribution in [-0.2, 0) is 4.79 Å². The Morgan fingerprint density at radius 2 is 2.00 bits per heavy atom. The summed E-state index contributed by atoms with van der Waals surface area (Å²) < 4.78 is 0. The van der Waals surface area contributed by atoms with Gasteiger partial charge < -0.3 is 5.11 Å². The topological polar surface area (TPSA) is 53.4 Å². The molecule has 128 valence electrons. The van der Waals surface area contributed by atoms with Gasteiger partial charge in [-0.15, -0.1) is 0 Å². The Morgan fingerprint density at radius 1 is 1.20 bits per heavy atom. The predicted octanol–water partition coefficient (Wildman–Crippen LogP) is 4.18. The van der Waals surface area contributed by atoms with Crippen molar-refractivity contribution in [1.82, 2.24) is 9.88 Å². The van der Waals surface area contributed by atoms with Gasteiger partial charge >= 0.3 is 5.97 Å². The summed E-state index contributed by atoms with van der Waals surface area (Å²) in [6.45, 7) is 1.60. The number of fused-ring (bicyclic) bond motifs is 1. The molecule has 0 bridgehead atoms. The Bertz CT molecular complexity index is 865. The lowest BCUT2D eigenvalue weighted by Gasteiger charge is -2.37. The first-order chi connectivity index (χ1) is 12.2. The Kier molecular flexibility index (Phi) is 4.51. The third-order valence-electron chi connectivity index (χ3n) is 5.08. The monoisotopic (exact) mass is 352 g/mol. The molecule has 0 radical (unpaired) electrons.